The number of fused-ring (bicyclic) bond motifs is 1. The number of carbonyl (C=O) groups is 2. The summed E-state index contributed by atoms with van der Waals surface area (Å²) in [5, 5.41) is 11.7. The number of aryl methyl sites for hydroxylation is 1. The maximum Gasteiger partial charge on any atom is 0.408 e. The molecule has 170 valence electrons. The Morgan fingerprint density at radius 2 is 1.94 bits per heavy atom. The molecule has 1 heterocycles. The van der Waals surface area contributed by atoms with Gasteiger partial charge in [0.15, 0.2) is 0 Å². The molecule has 8 nitrogen and oxygen atoms in total. The van der Waals surface area contributed by atoms with Crippen molar-refractivity contribution in [3.8, 4) is 0 Å². The molecule has 1 unspecified atom stereocenters. The lowest BCUT2D eigenvalue weighted by molar-refractivity contribution is -0.131. The number of hydrogen-bond donors (Lipinski definition) is 3. The van der Waals surface area contributed by atoms with E-state index in [1.165, 1.54) is 32.1 Å². The van der Waals surface area contributed by atoms with Gasteiger partial charge in [0.25, 0.3) is 5.91 Å². The SMILES string of the molecule is CC(C)(C)OC(=O)NC(CCc1nc2ccccc2n1CC1CCCCC1)C(=O)NO. The first kappa shape index (κ1) is 23.1. The van der Waals surface area contributed by atoms with Crippen molar-refractivity contribution in [1.29, 1.82) is 0 Å². The molecule has 2 amide bonds. The largest absolute Gasteiger partial charge is 0.444 e. The normalized spacial score (nSPS) is 16.1. The van der Waals surface area contributed by atoms with Gasteiger partial charge in [-0.05, 0) is 58.1 Å². The number of aromatic nitrogens is 2. The van der Waals surface area contributed by atoms with Crippen molar-refractivity contribution in [2.75, 3.05) is 0 Å². The third-order valence-electron chi connectivity index (χ3n) is 5.67. The lowest BCUT2D eigenvalue weighted by Gasteiger charge is -2.24. The van der Waals surface area contributed by atoms with Crippen LogP contribution in [0.25, 0.3) is 11.0 Å². The highest BCUT2D eigenvalue weighted by atomic mass is 16.6. The minimum absolute atomic E-state index is 0.291. The van der Waals surface area contributed by atoms with Gasteiger partial charge >= 0.3 is 6.09 Å². The second kappa shape index (κ2) is 10.1. The van der Waals surface area contributed by atoms with E-state index >= 15 is 0 Å². The van der Waals surface area contributed by atoms with Crippen LogP contribution in [0, 0.1) is 5.92 Å². The number of rotatable bonds is 7. The van der Waals surface area contributed by atoms with Gasteiger partial charge in [-0.2, -0.15) is 0 Å². The first-order valence-electron chi connectivity index (χ1n) is 11.1. The first-order chi connectivity index (χ1) is 14.8. The van der Waals surface area contributed by atoms with Crippen molar-refractivity contribution in [2.45, 2.75) is 83.9 Å². The maximum absolute atomic E-state index is 12.2. The summed E-state index contributed by atoms with van der Waals surface area (Å²) < 4.78 is 7.51. The highest BCUT2D eigenvalue weighted by molar-refractivity contribution is 5.84. The molecule has 1 saturated carbocycles. The quantitative estimate of drug-likeness (QED) is 0.456. The Bertz CT molecular complexity index is 897. The summed E-state index contributed by atoms with van der Waals surface area (Å²) in [5.41, 5.74) is 2.97. The smallest absolute Gasteiger partial charge is 0.408 e. The molecule has 31 heavy (non-hydrogen) atoms. The van der Waals surface area contributed by atoms with E-state index < -0.39 is 23.6 Å². The molecular weight excluding hydrogens is 396 g/mol. The second-order valence-corrected chi connectivity index (χ2v) is 9.34. The molecule has 0 radical (unpaired) electrons. The highest BCUT2D eigenvalue weighted by Gasteiger charge is 2.25. The predicted molar refractivity (Wildman–Crippen MR) is 118 cm³/mol. The number of para-hydroxylation sites is 2. The van der Waals surface area contributed by atoms with Crippen molar-refractivity contribution in [2.24, 2.45) is 5.92 Å². The number of alkyl carbamates (subject to hydrolysis) is 1. The van der Waals surface area contributed by atoms with Crippen molar-refractivity contribution >= 4 is 23.0 Å². The van der Waals surface area contributed by atoms with Crippen LogP contribution in [0.2, 0.25) is 0 Å². The minimum Gasteiger partial charge on any atom is -0.444 e. The topological polar surface area (TPSA) is 105 Å². The standard InChI is InChI=1S/C23H34N4O4/c1-23(2,3)31-22(29)25-18(21(28)26-30)13-14-20-24-17-11-7-8-12-19(17)27(20)15-16-9-5-4-6-10-16/h7-8,11-12,16,18,30H,4-6,9-10,13-15H2,1-3H3,(H,25,29)(H,26,28). The van der Waals surface area contributed by atoms with Crippen LogP contribution in [0.1, 0.15) is 65.1 Å². The van der Waals surface area contributed by atoms with Crippen molar-refractivity contribution in [3.05, 3.63) is 30.1 Å². The van der Waals surface area contributed by atoms with E-state index in [0.717, 1.165) is 23.4 Å². The van der Waals surface area contributed by atoms with Crippen molar-refractivity contribution < 1.29 is 19.5 Å². The average molecular weight is 431 g/mol. The van der Waals surface area contributed by atoms with Gasteiger partial charge in [0.1, 0.15) is 17.5 Å². The summed E-state index contributed by atoms with van der Waals surface area (Å²) >= 11 is 0. The molecule has 0 aliphatic heterocycles. The molecule has 8 heteroatoms. The van der Waals surface area contributed by atoms with Crippen LogP contribution in [0.3, 0.4) is 0 Å². The molecule has 1 fully saturated rings. The Morgan fingerprint density at radius 3 is 2.61 bits per heavy atom. The van der Waals surface area contributed by atoms with Crippen LogP contribution < -0.4 is 10.8 Å². The monoisotopic (exact) mass is 430 g/mol. The molecule has 0 bridgehead atoms. The molecule has 1 aliphatic rings. The molecule has 1 atom stereocenters. The maximum atomic E-state index is 12.2. The Morgan fingerprint density at radius 1 is 1.23 bits per heavy atom. The number of nitrogens with one attached hydrogen (secondary N) is 2. The van der Waals surface area contributed by atoms with Crippen molar-refractivity contribution in [1.82, 2.24) is 20.3 Å². The molecule has 1 aliphatic carbocycles. The molecule has 3 rings (SSSR count). The summed E-state index contributed by atoms with van der Waals surface area (Å²) in [5.74, 6) is 0.829. The van der Waals surface area contributed by atoms with E-state index in [1.807, 2.05) is 18.2 Å². The third-order valence-corrected chi connectivity index (χ3v) is 5.67. The second-order valence-electron chi connectivity index (χ2n) is 9.34. The van der Waals surface area contributed by atoms with Gasteiger partial charge in [-0.3, -0.25) is 10.0 Å². The van der Waals surface area contributed by atoms with E-state index in [1.54, 1.807) is 26.3 Å². The van der Waals surface area contributed by atoms with Crippen LogP contribution in [0.15, 0.2) is 24.3 Å². The number of hydrogen-bond acceptors (Lipinski definition) is 5. The fourth-order valence-electron chi connectivity index (χ4n) is 4.22. The van der Waals surface area contributed by atoms with Crippen LogP contribution in [0.5, 0.6) is 0 Å². The lowest BCUT2D eigenvalue weighted by atomic mass is 9.89. The zero-order chi connectivity index (χ0) is 22.4. The number of imidazole rings is 1. The fraction of sp³-hybridized carbons (Fsp3) is 0.609. The highest BCUT2D eigenvalue weighted by Crippen LogP contribution is 2.28. The van der Waals surface area contributed by atoms with E-state index in [2.05, 4.69) is 16.0 Å². The summed E-state index contributed by atoms with van der Waals surface area (Å²) in [6.07, 6.45) is 6.37. The number of carbonyl (C=O) groups excluding carboxylic acids is 2. The van der Waals surface area contributed by atoms with Crippen LogP contribution in [-0.2, 0) is 22.5 Å². The van der Waals surface area contributed by atoms with E-state index in [9.17, 15) is 9.59 Å². The van der Waals surface area contributed by atoms with Gasteiger partial charge in [-0.25, -0.2) is 15.3 Å². The fourth-order valence-corrected chi connectivity index (χ4v) is 4.22. The number of amides is 2. The zero-order valence-corrected chi connectivity index (χ0v) is 18.7. The number of benzene rings is 1. The number of hydroxylamine groups is 1. The van der Waals surface area contributed by atoms with Gasteiger partial charge in [0.2, 0.25) is 0 Å². The van der Waals surface area contributed by atoms with Gasteiger partial charge in [0.05, 0.1) is 11.0 Å². The Balaban J connectivity index is 1.76. The number of nitrogens with zero attached hydrogens (tertiary/aromatic N) is 2. The van der Waals surface area contributed by atoms with Gasteiger partial charge < -0.3 is 14.6 Å². The lowest BCUT2D eigenvalue weighted by Crippen LogP contribution is -2.47. The molecule has 2 aromatic rings. The Kier molecular flexibility index (Phi) is 7.54. The van der Waals surface area contributed by atoms with Gasteiger partial charge in [0, 0.05) is 13.0 Å². The Labute approximate surface area is 183 Å². The van der Waals surface area contributed by atoms with Crippen LogP contribution in [0.4, 0.5) is 4.79 Å². The minimum atomic E-state index is -0.928. The predicted octanol–water partition coefficient (Wildman–Crippen LogP) is 3.95. The summed E-state index contributed by atoms with van der Waals surface area (Å²) in [6, 6.07) is 7.12. The molecule has 0 saturated heterocycles. The van der Waals surface area contributed by atoms with Gasteiger partial charge in [-0.15, -0.1) is 0 Å². The van der Waals surface area contributed by atoms with E-state index in [0.29, 0.717) is 18.8 Å². The molecule has 1 aromatic heterocycles. The summed E-state index contributed by atoms with van der Waals surface area (Å²) in [6.45, 7) is 6.16. The van der Waals surface area contributed by atoms with Crippen LogP contribution >= 0.6 is 0 Å². The third kappa shape index (κ3) is 6.43. The molecule has 3 N–H and O–H groups in total. The zero-order valence-electron chi connectivity index (χ0n) is 18.7. The first-order valence-corrected chi connectivity index (χ1v) is 11.1. The van der Waals surface area contributed by atoms with E-state index in [4.69, 9.17) is 14.9 Å². The molecular formula is C23H34N4O4. The average Bonchev–Trinajstić information content (AvgIpc) is 3.07. The van der Waals surface area contributed by atoms with Crippen LogP contribution in [-0.4, -0.2) is 38.4 Å². The molecule has 1 aromatic carbocycles. The molecule has 0 spiro atoms. The number of ether oxygens (including phenoxy) is 1. The summed E-state index contributed by atoms with van der Waals surface area (Å²) in [4.78, 5) is 29.1. The summed E-state index contributed by atoms with van der Waals surface area (Å²) in [7, 11) is 0. The Hall–Kier alpha value is -2.61. The van der Waals surface area contributed by atoms with Crippen molar-refractivity contribution in [3.63, 3.8) is 0 Å². The van der Waals surface area contributed by atoms with E-state index in [-0.39, 0.29) is 0 Å². The van der Waals surface area contributed by atoms with Gasteiger partial charge in [-0.1, -0.05) is 31.4 Å².